The molecule has 1 unspecified atom stereocenters. The first-order chi connectivity index (χ1) is 14.6. The second kappa shape index (κ2) is 12.5. The Morgan fingerprint density at radius 3 is 2.45 bits per heavy atom. The Balaban J connectivity index is 0.00000341. The minimum Gasteiger partial charge on any atom is -0.388 e. The van der Waals surface area contributed by atoms with Gasteiger partial charge in [-0.15, -0.1) is 24.0 Å². The van der Waals surface area contributed by atoms with Crippen LogP contribution in [0.2, 0.25) is 0 Å². The van der Waals surface area contributed by atoms with Crippen LogP contribution in [0.15, 0.2) is 65.7 Å². The number of aliphatic hydroxyl groups is 1. The summed E-state index contributed by atoms with van der Waals surface area (Å²) in [6.45, 7) is 8.03. The largest absolute Gasteiger partial charge is 0.388 e. The van der Waals surface area contributed by atoms with Crippen LogP contribution in [0.1, 0.15) is 42.0 Å². The van der Waals surface area contributed by atoms with Crippen LogP contribution in [-0.2, 0) is 6.54 Å². The molecule has 0 amide bonds. The Hall–Kier alpha value is -2.39. The molecule has 0 aliphatic rings. The Morgan fingerprint density at radius 2 is 1.77 bits per heavy atom. The highest BCUT2D eigenvalue weighted by Crippen LogP contribution is 2.18. The third-order valence-electron chi connectivity index (χ3n) is 4.88. The third kappa shape index (κ3) is 7.07. The van der Waals surface area contributed by atoms with Gasteiger partial charge in [-0.2, -0.15) is 5.10 Å². The molecule has 0 aliphatic carbocycles. The molecule has 7 heteroatoms. The number of halogens is 1. The van der Waals surface area contributed by atoms with Crippen molar-refractivity contribution in [2.45, 2.75) is 39.8 Å². The molecular formula is C24H32IN5O. The second-order valence-electron chi connectivity index (χ2n) is 7.30. The fourth-order valence-electron chi connectivity index (χ4n) is 3.40. The average molecular weight is 533 g/mol. The van der Waals surface area contributed by atoms with Gasteiger partial charge in [0.1, 0.15) is 0 Å². The zero-order chi connectivity index (χ0) is 21.3. The molecule has 3 rings (SSSR count). The van der Waals surface area contributed by atoms with Gasteiger partial charge in [0.05, 0.1) is 24.0 Å². The Kier molecular flexibility index (Phi) is 10.00. The van der Waals surface area contributed by atoms with E-state index in [0.29, 0.717) is 19.5 Å². The van der Waals surface area contributed by atoms with Gasteiger partial charge in [0.25, 0.3) is 0 Å². The van der Waals surface area contributed by atoms with Crippen molar-refractivity contribution in [3.63, 3.8) is 0 Å². The van der Waals surface area contributed by atoms with Gasteiger partial charge in [-0.1, -0.05) is 48.5 Å². The summed E-state index contributed by atoms with van der Waals surface area (Å²) in [5.74, 6) is 0.737. The molecule has 1 heterocycles. The lowest BCUT2D eigenvalue weighted by atomic mass is 10.1. The van der Waals surface area contributed by atoms with Gasteiger partial charge in [0, 0.05) is 18.8 Å². The molecule has 2 aromatic carbocycles. The van der Waals surface area contributed by atoms with Crippen molar-refractivity contribution in [3.05, 3.63) is 83.2 Å². The molecular weight excluding hydrogens is 501 g/mol. The number of nitrogens with zero attached hydrogens (tertiary/aromatic N) is 3. The van der Waals surface area contributed by atoms with Gasteiger partial charge in [0.15, 0.2) is 5.96 Å². The number of hydrogen-bond acceptors (Lipinski definition) is 3. The predicted octanol–water partition coefficient (Wildman–Crippen LogP) is 4.29. The molecule has 0 bridgehead atoms. The number of aryl methyl sites for hydroxylation is 2. The first-order valence-electron chi connectivity index (χ1n) is 10.4. The lowest BCUT2D eigenvalue weighted by molar-refractivity contribution is 0.168. The molecule has 31 heavy (non-hydrogen) atoms. The number of para-hydroxylation sites is 1. The molecule has 0 saturated carbocycles. The quantitative estimate of drug-likeness (QED) is 0.230. The minimum absolute atomic E-state index is 0. The van der Waals surface area contributed by atoms with E-state index in [-0.39, 0.29) is 24.0 Å². The molecule has 1 aromatic heterocycles. The molecule has 0 fully saturated rings. The zero-order valence-electron chi connectivity index (χ0n) is 18.4. The lowest BCUT2D eigenvalue weighted by Crippen LogP contribution is -2.38. The molecule has 3 aromatic rings. The molecule has 6 nitrogen and oxygen atoms in total. The number of benzene rings is 2. The summed E-state index contributed by atoms with van der Waals surface area (Å²) in [5.41, 5.74) is 5.18. The summed E-state index contributed by atoms with van der Waals surface area (Å²) >= 11 is 0. The normalized spacial score (nSPS) is 12.2. The summed E-state index contributed by atoms with van der Waals surface area (Å²) in [6.07, 6.45) is 0.116. The molecule has 1 atom stereocenters. The first-order valence-corrected chi connectivity index (χ1v) is 10.4. The maximum atomic E-state index is 10.4. The highest BCUT2D eigenvalue weighted by atomic mass is 127. The maximum Gasteiger partial charge on any atom is 0.191 e. The second-order valence-corrected chi connectivity index (χ2v) is 7.30. The fourth-order valence-corrected chi connectivity index (χ4v) is 3.40. The summed E-state index contributed by atoms with van der Waals surface area (Å²) in [4.78, 5) is 4.75. The van der Waals surface area contributed by atoms with Crippen molar-refractivity contribution >= 4 is 29.9 Å². The standard InChI is InChI=1S/C24H31N5O.HI/c1-4-25-24(26-15-14-23(30)20-10-6-5-7-11-20)27-17-21-12-8-9-13-22(21)29-19(3)16-18(2)28-29;/h5-13,16,23,30H,4,14-15,17H2,1-3H3,(H2,25,26,27);1H. The van der Waals surface area contributed by atoms with Crippen LogP contribution in [0.25, 0.3) is 5.69 Å². The van der Waals surface area contributed by atoms with Crippen LogP contribution in [0.5, 0.6) is 0 Å². The van der Waals surface area contributed by atoms with Crippen LogP contribution < -0.4 is 10.6 Å². The molecule has 166 valence electrons. The first kappa shape index (κ1) is 24.9. The molecule has 0 spiro atoms. The number of aromatic nitrogens is 2. The average Bonchev–Trinajstić information content (AvgIpc) is 3.10. The van der Waals surface area contributed by atoms with Crippen molar-refractivity contribution in [1.29, 1.82) is 0 Å². The van der Waals surface area contributed by atoms with Crippen LogP contribution in [0.4, 0.5) is 0 Å². The van der Waals surface area contributed by atoms with E-state index in [1.807, 2.05) is 61.0 Å². The smallest absolute Gasteiger partial charge is 0.191 e. The van der Waals surface area contributed by atoms with Gasteiger partial charge in [-0.3, -0.25) is 0 Å². The van der Waals surface area contributed by atoms with Crippen LogP contribution >= 0.6 is 24.0 Å². The number of aliphatic hydroxyl groups excluding tert-OH is 1. The van der Waals surface area contributed by atoms with Crippen molar-refractivity contribution in [2.75, 3.05) is 13.1 Å². The van der Waals surface area contributed by atoms with Crippen molar-refractivity contribution < 1.29 is 5.11 Å². The Bertz CT molecular complexity index is 971. The van der Waals surface area contributed by atoms with E-state index >= 15 is 0 Å². The van der Waals surface area contributed by atoms with Crippen molar-refractivity contribution in [3.8, 4) is 5.69 Å². The Labute approximate surface area is 201 Å². The molecule has 3 N–H and O–H groups in total. The molecule has 0 aliphatic heterocycles. The van der Waals surface area contributed by atoms with Crippen molar-refractivity contribution in [2.24, 2.45) is 4.99 Å². The third-order valence-corrected chi connectivity index (χ3v) is 4.88. The lowest BCUT2D eigenvalue weighted by Gasteiger charge is -2.15. The van der Waals surface area contributed by atoms with E-state index in [9.17, 15) is 5.11 Å². The van der Waals surface area contributed by atoms with Crippen LogP contribution in [0, 0.1) is 13.8 Å². The highest BCUT2D eigenvalue weighted by Gasteiger charge is 2.10. The SMILES string of the molecule is CCNC(=NCc1ccccc1-n1nc(C)cc1C)NCCC(O)c1ccccc1.I. The van der Waals surface area contributed by atoms with Crippen LogP contribution in [-0.4, -0.2) is 33.9 Å². The molecule has 0 radical (unpaired) electrons. The van der Waals surface area contributed by atoms with E-state index in [1.165, 1.54) is 0 Å². The van der Waals surface area contributed by atoms with Crippen LogP contribution in [0.3, 0.4) is 0 Å². The van der Waals surface area contributed by atoms with E-state index in [1.54, 1.807) is 0 Å². The maximum absolute atomic E-state index is 10.4. The van der Waals surface area contributed by atoms with Crippen molar-refractivity contribution in [1.82, 2.24) is 20.4 Å². The monoisotopic (exact) mass is 533 g/mol. The molecule has 0 saturated heterocycles. The van der Waals surface area contributed by atoms with E-state index in [0.717, 1.165) is 40.7 Å². The van der Waals surface area contributed by atoms with E-state index in [4.69, 9.17) is 4.99 Å². The Morgan fingerprint density at radius 1 is 1.06 bits per heavy atom. The summed E-state index contributed by atoms with van der Waals surface area (Å²) in [6, 6.07) is 20.0. The predicted molar refractivity (Wildman–Crippen MR) is 137 cm³/mol. The van der Waals surface area contributed by atoms with E-state index < -0.39 is 6.10 Å². The highest BCUT2D eigenvalue weighted by molar-refractivity contribution is 14.0. The topological polar surface area (TPSA) is 74.5 Å². The summed E-state index contributed by atoms with van der Waals surface area (Å²) < 4.78 is 1.97. The number of guanidine groups is 1. The minimum atomic E-state index is -0.492. The fraction of sp³-hybridized carbons (Fsp3) is 0.333. The van der Waals surface area contributed by atoms with Gasteiger partial charge < -0.3 is 15.7 Å². The summed E-state index contributed by atoms with van der Waals surface area (Å²) in [7, 11) is 0. The number of hydrogen-bond donors (Lipinski definition) is 3. The van der Waals surface area contributed by atoms with Gasteiger partial charge in [-0.05, 0) is 50.5 Å². The van der Waals surface area contributed by atoms with Gasteiger partial charge >= 0.3 is 0 Å². The number of rotatable bonds is 8. The number of aliphatic imine (C=N–C) groups is 1. The number of nitrogens with one attached hydrogen (secondary N) is 2. The van der Waals surface area contributed by atoms with Gasteiger partial charge in [0.2, 0.25) is 0 Å². The van der Waals surface area contributed by atoms with Gasteiger partial charge in [-0.25, -0.2) is 9.67 Å². The zero-order valence-corrected chi connectivity index (χ0v) is 20.7. The van der Waals surface area contributed by atoms with E-state index in [2.05, 4.69) is 40.9 Å². The summed E-state index contributed by atoms with van der Waals surface area (Å²) in [5, 5.41) is 21.6.